The lowest BCUT2D eigenvalue weighted by molar-refractivity contribution is -0.130. The molecule has 1 aliphatic heterocycles. The Morgan fingerprint density at radius 3 is 2.52 bits per heavy atom. The van der Waals surface area contributed by atoms with Crippen molar-refractivity contribution in [1.29, 1.82) is 0 Å². The van der Waals surface area contributed by atoms with E-state index >= 15 is 0 Å². The van der Waals surface area contributed by atoms with Gasteiger partial charge in [-0.2, -0.15) is 4.31 Å². The van der Waals surface area contributed by atoms with Crippen molar-refractivity contribution in [2.24, 2.45) is 11.7 Å². The molecule has 0 aromatic heterocycles. The third-order valence-electron chi connectivity index (χ3n) is 5.80. The first kappa shape index (κ1) is 21.7. The van der Waals surface area contributed by atoms with Crippen LogP contribution in [-0.2, 0) is 19.6 Å². The molecule has 0 radical (unpaired) electrons. The number of sulfonamides is 1. The molecule has 8 nitrogen and oxygen atoms in total. The Bertz CT molecular complexity index is 809. The van der Waals surface area contributed by atoms with Crippen molar-refractivity contribution >= 4 is 21.8 Å². The summed E-state index contributed by atoms with van der Waals surface area (Å²) < 4.78 is 27.3. The van der Waals surface area contributed by atoms with Gasteiger partial charge >= 0.3 is 0 Å². The van der Waals surface area contributed by atoms with Gasteiger partial charge in [0.1, 0.15) is 12.1 Å². The number of hydrogen-bond donors (Lipinski definition) is 3. The van der Waals surface area contributed by atoms with E-state index < -0.39 is 33.9 Å². The number of primary amides is 1. The Morgan fingerprint density at radius 1 is 1.17 bits per heavy atom. The fraction of sp³-hybridized carbons (Fsp3) is 0.600. The number of piperazine rings is 1. The van der Waals surface area contributed by atoms with Crippen LogP contribution in [0.25, 0.3) is 0 Å². The molecule has 1 saturated carbocycles. The molecule has 9 heteroatoms. The summed E-state index contributed by atoms with van der Waals surface area (Å²) in [5, 5.41) is 5.80. The summed E-state index contributed by atoms with van der Waals surface area (Å²) >= 11 is 0. The molecular weight excluding hydrogens is 392 g/mol. The van der Waals surface area contributed by atoms with E-state index in [1.807, 2.05) is 0 Å². The molecule has 2 unspecified atom stereocenters. The van der Waals surface area contributed by atoms with Crippen LogP contribution in [0.3, 0.4) is 0 Å². The van der Waals surface area contributed by atoms with Crippen LogP contribution in [0, 0.1) is 5.92 Å². The standard InChI is InChI=1S/C20H30N4O4S/c21-19(25)17(13-15-7-3-1-4-8-15)23-20(26)18-14-22-11-12-24(18)29(27,28)16-9-5-2-6-10-16/h2,5-6,9-10,15,17-18,22H,1,3-4,7-8,11-14H2,(H2,21,25)(H,23,26). The van der Waals surface area contributed by atoms with Crippen molar-refractivity contribution in [3.05, 3.63) is 30.3 Å². The molecule has 2 atom stereocenters. The largest absolute Gasteiger partial charge is 0.368 e. The summed E-state index contributed by atoms with van der Waals surface area (Å²) in [4.78, 5) is 25.1. The van der Waals surface area contributed by atoms with Gasteiger partial charge in [0.25, 0.3) is 0 Å². The van der Waals surface area contributed by atoms with Crippen molar-refractivity contribution in [2.75, 3.05) is 19.6 Å². The third kappa shape index (κ3) is 5.34. The van der Waals surface area contributed by atoms with Gasteiger partial charge in [0.05, 0.1) is 4.90 Å². The van der Waals surface area contributed by atoms with Crippen molar-refractivity contribution < 1.29 is 18.0 Å². The van der Waals surface area contributed by atoms with Crippen LogP contribution in [0.15, 0.2) is 35.2 Å². The zero-order valence-corrected chi connectivity index (χ0v) is 17.4. The predicted octanol–water partition coefficient (Wildman–Crippen LogP) is 0.590. The van der Waals surface area contributed by atoms with E-state index in [1.54, 1.807) is 18.2 Å². The number of amides is 2. The molecule has 4 N–H and O–H groups in total. The van der Waals surface area contributed by atoms with Gasteiger partial charge in [-0.3, -0.25) is 9.59 Å². The highest BCUT2D eigenvalue weighted by molar-refractivity contribution is 7.89. The Kier molecular flexibility index (Phi) is 7.26. The average molecular weight is 423 g/mol. The van der Waals surface area contributed by atoms with Crippen LogP contribution in [0.1, 0.15) is 38.5 Å². The molecule has 2 amide bonds. The minimum Gasteiger partial charge on any atom is -0.368 e. The van der Waals surface area contributed by atoms with E-state index in [2.05, 4.69) is 10.6 Å². The SMILES string of the molecule is NC(=O)C(CC1CCCCC1)NC(=O)C1CNCCN1S(=O)(=O)c1ccccc1. The minimum absolute atomic E-state index is 0.147. The zero-order valence-electron chi connectivity index (χ0n) is 16.5. The highest BCUT2D eigenvalue weighted by atomic mass is 32.2. The fourth-order valence-corrected chi connectivity index (χ4v) is 5.80. The molecule has 0 bridgehead atoms. The summed E-state index contributed by atoms with van der Waals surface area (Å²) in [6.07, 6.45) is 6.01. The second kappa shape index (κ2) is 9.69. The van der Waals surface area contributed by atoms with Gasteiger partial charge in [0.15, 0.2) is 0 Å². The first-order valence-corrected chi connectivity index (χ1v) is 11.7. The lowest BCUT2D eigenvalue weighted by Gasteiger charge is -2.35. The zero-order chi connectivity index (χ0) is 20.9. The van der Waals surface area contributed by atoms with Gasteiger partial charge in [0.2, 0.25) is 21.8 Å². The molecule has 160 valence electrons. The van der Waals surface area contributed by atoms with E-state index in [4.69, 9.17) is 5.73 Å². The number of benzene rings is 1. The molecule has 2 fully saturated rings. The number of nitrogens with one attached hydrogen (secondary N) is 2. The molecule has 1 aliphatic carbocycles. The van der Waals surface area contributed by atoms with Crippen LogP contribution in [-0.4, -0.2) is 56.3 Å². The summed E-state index contributed by atoms with van der Waals surface area (Å²) in [5.41, 5.74) is 5.54. The van der Waals surface area contributed by atoms with Crippen LogP contribution in [0.4, 0.5) is 0 Å². The summed E-state index contributed by atoms with van der Waals surface area (Å²) in [7, 11) is -3.82. The van der Waals surface area contributed by atoms with Crippen LogP contribution < -0.4 is 16.4 Å². The average Bonchev–Trinajstić information content (AvgIpc) is 2.74. The van der Waals surface area contributed by atoms with E-state index in [0.717, 1.165) is 25.7 Å². The normalized spacial score (nSPS) is 22.7. The summed E-state index contributed by atoms with van der Waals surface area (Å²) in [6.45, 7) is 0.823. The number of carbonyl (C=O) groups excluding carboxylic acids is 2. The van der Waals surface area contributed by atoms with Crippen LogP contribution in [0.2, 0.25) is 0 Å². The Hall–Kier alpha value is -1.97. The molecule has 1 aromatic carbocycles. The van der Waals surface area contributed by atoms with Gasteiger partial charge in [-0.05, 0) is 24.5 Å². The van der Waals surface area contributed by atoms with Crippen LogP contribution in [0.5, 0.6) is 0 Å². The van der Waals surface area contributed by atoms with Gasteiger partial charge in [-0.25, -0.2) is 8.42 Å². The number of nitrogens with two attached hydrogens (primary N) is 1. The van der Waals surface area contributed by atoms with Crippen molar-refractivity contribution in [2.45, 2.75) is 55.5 Å². The molecule has 29 heavy (non-hydrogen) atoms. The lowest BCUT2D eigenvalue weighted by Crippen LogP contribution is -2.61. The fourth-order valence-electron chi connectivity index (χ4n) is 4.20. The highest BCUT2D eigenvalue weighted by Gasteiger charge is 2.39. The monoisotopic (exact) mass is 422 g/mol. The third-order valence-corrected chi connectivity index (χ3v) is 7.72. The Morgan fingerprint density at radius 2 is 1.86 bits per heavy atom. The van der Waals surface area contributed by atoms with E-state index in [9.17, 15) is 18.0 Å². The number of rotatable bonds is 7. The lowest BCUT2D eigenvalue weighted by atomic mass is 9.84. The minimum atomic E-state index is -3.82. The van der Waals surface area contributed by atoms with E-state index in [1.165, 1.54) is 22.9 Å². The van der Waals surface area contributed by atoms with E-state index in [-0.39, 0.29) is 18.0 Å². The van der Waals surface area contributed by atoms with Crippen molar-refractivity contribution in [3.63, 3.8) is 0 Å². The van der Waals surface area contributed by atoms with Gasteiger partial charge in [-0.15, -0.1) is 0 Å². The Balaban J connectivity index is 1.73. The van der Waals surface area contributed by atoms with Crippen molar-refractivity contribution in [3.8, 4) is 0 Å². The highest BCUT2D eigenvalue weighted by Crippen LogP contribution is 2.27. The molecule has 1 aromatic rings. The van der Waals surface area contributed by atoms with E-state index in [0.29, 0.717) is 18.9 Å². The maximum atomic E-state index is 13.1. The van der Waals surface area contributed by atoms with Gasteiger partial charge in [-0.1, -0.05) is 50.3 Å². The molecule has 3 rings (SSSR count). The van der Waals surface area contributed by atoms with Crippen molar-refractivity contribution in [1.82, 2.24) is 14.9 Å². The number of hydrogen-bond acceptors (Lipinski definition) is 5. The maximum absolute atomic E-state index is 13.1. The molecule has 2 aliphatic rings. The van der Waals surface area contributed by atoms with Gasteiger partial charge in [0, 0.05) is 19.6 Å². The Labute approximate surface area is 172 Å². The molecular formula is C20H30N4O4S. The summed E-state index contributed by atoms with van der Waals surface area (Å²) in [6, 6.07) is 6.36. The molecule has 1 saturated heterocycles. The van der Waals surface area contributed by atoms with Crippen LogP contribution >= 0.6 is 0 Å². The second-order valence-electron chi connectivity index (χ2n) is 7.85. The quantitative estimate of drug-likeness (QED) is 0.594. The first-order chi connectivity index (χ1) is 13.9. The second-order valence-corrected chi connectivity index (χ2v) is 9.74. The maximum Gasteiger partial charge on any atom is 0.243 e. The smallest absolute Gasteiger partial charge is 0.243 e. The molecule has 1 heterocycles. The first-order valence-electron chi connectivity index (χ1n) is 10.3. The summed E-state index contributed by atoms with van der Waals surface area (Å²) in [5.74, 6) is -0.711. The topological polar surface area (TPSA) is 122 Å². The predicted molar refractivity (Wildman–Crippen MR) is 109 cm³/mol. The molecule has 0 spiro atoms. The number of carbonyl (C=O) groups is 2. The van der Waals surface area contributed by atoms with Gasteiger partial charge < -0.3 is 16.4 Å². The number of nitrogens with zero attached hydrogens (tertiary/aromatic N) is 1.